The van der Waals surface area contributed by atoms with Gasteiger partial charge in [0.05, 0.1) is 0 Å². The summed E-state index contributed by atoms with van der Waals surface area (Å²) in [6.07, 6.45) is 5.19. The first kappa shape index (κ1) is 13.6. The fraction of sp³-hybridized carbons (Fsp3) is 0.625. The fourth-order valence-electron chi connectivity index (χ4n) is 2.60. The van der Waals surface area contributed by atoms with Crippen LogP contribution in [0.1, 0.15) is 37.3 Å². The quantitative estimate of drug-likeness (QED) is 0.754. The van der Waals surface area contributed by atoms with Gasteiger partial charge in [-0.1, -0.05) is 31.2 Å². The largest absolute Gasteiger partial charge is 0.316 e. The first-order valence-electron chi connectivity index (χ1n) is 7.37. The predicted octanol–water partition coefficient (Wildman–Crippen LogP) is 2.73. The number of piperidine rings is 1. The van der Waals surface area contributed by atoms with Crippen molar-refractivity contribution in [2.75, 3.05) is 19.6 Å². The molecule has 0 saturated carbocycles. The maximum absolute atomic E-state index is 3.56. The maximum Gasteiger partial charge on any atom is 0.0205 e. The van der Waals surface area contributed by atoms with E-state index in [2.05, 4.69) is 41.8 Å². The minimum Gasteiger partial charge on any atom is -0.316 e. The average molecular weight is 246 g/mol. The second-order valence-corrected chi connectivity index (χ2v) is 5.35. The van der Waals surface area contributed by atoms with Gasteiger partial charge in [-0.15, -0.1) is 0 Å². The predicted molar refractivity (Wildman–Crippen MR) is 77.7 cm³/mol. The van der Waals surface area contributed by atoms with Crippen molar-refractivity contribution in [2.45, 2.75) is 39.2 Å². The first-order valence-corrected chi connectivity index (χ1v) is 7.37. The standard InChI is InChI=1S/C16H26N2/c1-2-14-5-7-16(8-6-14)13-18-11-9-15-4-3-10-17-12-15/h5-8,15,17-18H,2-4,9-13H2,1H3. The average Bonchev–Trinajstić information content (AvgIpc) is 2.45. The van der Waals surface area contributed by atoms with Crippen LogP contribution < -0.4 is 10.6 Å². The molecular formula is C16H26N2. The van der Waals surface area contributed by atoms with E-state index in [-0.39, 0.29) is 0 Å². The molecule has 100 valence electrons. The molecule has 1 aromatic rings. The molecule has 1 heterocycles. The van der Waals surface area contributed by atoms with Crippen molar-refractivity contribution in [3.8, 4) is 0 Å². The molecule has 0 radical (unpaired) electrons. The van der Waals surface area contributed by atoms with E-state index in [1.807, 2.05) is 0 Å². The highest BCUT2D eigenvalue weighted by atomic mass is 14.9. The molecule has 1 aromatic carbocycles. The molecule has 1 saturated heterocycles. The number of rotatable bonds is 6. The van der Waals surface area contributed by atoms with Gasteiger partial charge < -0.3 is 10.6 Å². The van der Waals surface area contributed by atoms with Crippen molar-refractivity contribution >= 4 is 0 Å². The molecule has 2 rings (SSSR count). The molecule has 2 nitrogen and oxygen atoms in total. The van der Waals surface area contributed by atoms with E-state index >= 15 is 0 Å². The van der Waals surface area contributed by atoms with Crippen LogP contribution in [0.25, 0.3) is 0 Å². The number of hydrogen-bond acceptors (Lipinski definition) is 2. The Bertz CT molecular complexity index is 325. The van der Waals surface area contributed by atoms with E-state index in [4.69, 9.17) is 0 Å². The molecule has 1 unspecified atom stereocenters. The lowest BCUT2D eigenvalue weighted by Crippen LogP contribution is -2.31. The van der Waals surface area contributed by atoms with Gasteiger partial charge >= 0.3 is 0 Å². The van der Waals surface area contributed by atoms with Gasteiger partial charge in [-0.2, -0.15) is 0 Å². The Morgan fingerprint density at radius 3 is 2.67 bits per heavy atom. The number of aryl methyl sites for hydroxylation is 1. The zero-order valence-electron chi connectivity index (χ0n) is 11.5. The van der Waals surface area contributed by atoms with Gasteiger partial charge in [-0.05, 0) is 62.4 Å². The lowest BCUT2D eigenvalue weighted by atomic mass is 9.96. The second kappa shape index (κ2) is 7.55. The minimum atomic E-state index is 0.883. The molecule has 18 heavy (non-hydrogen) atoms. The van der Waals surface area contributed by atoms with E-state index in [1.54, 1.807) is 0 Å². The summed E-state index contributed by atoms with van der Waals surface area (Å²) in [6.45, 7) is 6.78. The summed E-state index contributed by atoms with van der Waals surface area (Å²) in [6, 6.07) is 8.96. The first-order chi connectivity index (χ1) is 8.88. The summed E-state index contributed by atoms with van der Waals surface area (Å²) in [5, 5.41) is 7.04. The molecule has 1 aliphatic heterocycles. The van der Waals surface area contributed by atoms with E-state index in [0.29, 0.717) is 0 Å². The highest BCUT2D eigenvalue weighted by Crippen LogP contribution is 2.13. The highest BCUT2D eigenvalue weighted by molar-refractivity contribution is 5.22. The van der Waals surface area contributed by atoms with Gasteiger partial charge in [0.1, 0.15) is 0 Å². The smallest absolute Gasteiger partial charge is 0.0205 e. The van der Waals surface area contributed by atoms with Crippen molar-refractivity contribution in [1.29, 1.82) is 0 Å². The third-order valence-corrected chi connectivity index (χ3v) is 3.89. The van der Waals surface area contributed by atoms with Crippen LogP contribution in [-0.4, -0.2) is 19.6 Å². The van der Waals surface area contributed by atoms with Gasteiger partial charge in [-0.3, -0.25) is 0 Å². The van der Waals surface area contributed by atoms with Crippen LogP contribution in [0.3, 0.4) is 0 Å². The van der Waals surface area contributed by atoms with Crippen LogP contribution in [-0.2, 0) is 13.0 Å². The molecule has 2 N–H and O–H groups in total. The van der Waals surface area contributed by atoms with Gasteiger partial charge in [0.2, 0.25) is 0 Å². The Kier molecular flexibility index (Phi) is 5.69. The van der Waals surface area contributed by atoms with Crippen molar-refractivity contribution in [3.05, 3.63) is 35.4 Å². The zero-order valence-corrected chi connectivity index (χ0v) is 11.5. The van der Waals surface area contributed by atoms with Crippen molar-refractivity contribution in [3.63, 3.8) is 0 Å². The Balaban J connectivity index is 1.62. The number of nitrogens with one attached hydrogen (secondary N) is 2. The zero-order chi connectivity index (χ0) is 12.6. The summed E-state index contributed by atoms with van der Waals surface area (Å²) in [4.78, 5) is 0. The van der Waals surface area contributed by atoms with Gasteiger partial charge in [0.25, 0.3) is 0 Å². The number of hydrogen-bond donors (Lipinski definition) is 2. The van der Waals surface area contributed by atoms with Crippen LogP contribution in [0.2, 0.25) is 0 Å². The second-order valence-electron chi connectivity index (χ2n) is 5.35. The maximum atomic E-state index is 3.56. The third-order valence-electron chi connectivity index (χ3n) is 3.89. The molecule has 0 spiro atoms. The summed E-state index contributed by atoms with van der Waals surface area (Å²) in [5.74, 6) is 0.883. The summed E-state index contributed by atoms with van der Waals surface area (Å²) >= 11 is 0. The topological polar surface area (TPSA) is 24.1 Å². The fourth-order valence-corrected chi connectivity index (χ4v) is 2.60. The summed E-state index contributed by atoms with van der Waals surface area (Å²) in [7, 11) is 0. The van der Waals surface area contributed by atoms with E-state index < -0.39 is 0 Å². The van der Waals surface area contributed by atoms with Crippen molar-refractivity contribution < 1.29 is 0 Å². The molecule has 0 aromatic heterocycles. The monoisotopic (exact) mass is 246 g/mol. The lowest BCUT2D eigenvalue weighted by molar-refractivity contribution is 0.352. The van der Waals surface area contributed by atoms with Crippen LogP contribution in [0.4, 0.5) is 0 Å². The lowest BCUT2D eigenvalue weighted by Gasteiger charge is -2.22. The molecule has 0 amide bonds. The van der Waals surface area contributed by atoms with E-state index in [1.165, 1.54) is 43.5 Å². The van der Waals surface area contributed by atoms with Crippen LogP contribution in [0.15, 0.2) is 24.3 Å². The third kappa shape index (κ3) is 4.43. The van der Waals surface area contributed by atoms with Gasteiger partial charge in [0, 0.05) is 6.54 Å². The van der Waals surface area contributed by atoms with Gasteiger partial charge in [0.15, 0.2) is 0 Å². The molecule has 1 aliphatic rings. The van der Waals surface area contributed by atoms with Crippen LogP contribution in [0, 0.1) is 5.92 Å². The minimum absolute atomic E-state index is 0.883. The molecular weight excluding hydrogens is 220 g/mol. The van der Waals surface area contributed by atoms with Gasteiger partial charge in [-0.25, -0.2) is 0 Å². The Labute approximate surface area is 111 Å². The highest BCUT2D eigenvalue weighted by Gasteiger charge is 2.11. The summed E-state index contributed by atoms with van der Waals surface area (Å²) < 4.78 is 0. The van der Waals surface area contributed by atoms with Crippen LogP contribution >= 0.6 is 0 Å². The van der Waals surface area contributed by atoms with Crippen molar-refractivity contribution in [2.24, 2.45) is 5.92 Å². The van der Waals surface area contributed by atoms with E-state index in [0.717, 1.165) is 25.4 Å². The van der Waals surface area contributed by atoms with Crippen LogP contribution in [0.5, 0.6) is 0 Å². The van der Waals surface area contributed by atoms with Crippen molar-refractivity contribution in [1.82, 2.24) is 10.6 Å². The molecule has 2 heteroatoms. The Morgan fingerprint density at radius 1 is 1.22 bits per heavy atom. The normalized spacial score (nSPS) is 19.9. The number of benzene rings is 1. The molecule has 0 bridgehead atoms. The van der Waals surface area contributed by atoms with E-state index in [9.17, 15) is 0 Å². The molecule has 1 atom stereocenters. The SMILES string of the molecule is CCc1ccc(CNCCC2CCCNC2)cc1. The summed E-state index contributed by atoms with van der Waals surface area (Å²) in [5.41, 5.74) is 2.82. The Hall–Kier alpha value is -0.860. The molecule has 0 aliphatic carbocycles. The Morgan fingerprint density at radius 2 is 2.00 bits per heavy atom. The molecule has 1 fully saturated rings.